The Bertz CT molecular complexity index is 1150. The SMILES string of the molecule is O=C1C[C@@H](C(=O)NCCCCN2CCCC2)NC(=O)c2ccccc2OCCNC(=O)[C@H](Cc2ccccc2)N1. The maximum Gasteiger partial charge on any atom is 0.255 e. The van der Waals surface area contributed by atoms with E-state index in [1.165, 1.54) is 12.8 Å². The summed E-state index contributed by atoms with van der Waals surface area (Å²) in [6.45, 7) is 4.02. The van der Waals surface area contributed by atoms with Gasteiger partial charge in [0.15, 0.2) is 0 Å². The van der Waals surface area contributed by atoms with E-state index in [-0.39, 0.29) is 37.5 Å². The van der Waals surface area contributed by atoms with Crippen LogP contribution in [0.3, 0.4) is 0 Å². The Hall–Kier alpha value is -3.92. The van der Waals surface area contributed by atoms with Gasteiger partial charge in [0.1, 0.15) is 24.4 Å². The van der Waals surface area contributed by atoms with Crippen LogP contribution in [0.1, 0.15) is 48.0 Å². The monoisotopic (exact) mass is 549 g/mol. The quantitative estimate of drug-likeness (QED) is 0.369. The number of hydrogen-bond acceptors (Lipinski definition) is 6. The van der Waals surface area contributed by atoms with E-state index in [0.29, 0.717) is 12.3 Å². The number of benzene rings is 2. The summed E-state index contributed by atoms with van der Waals surface area (Å²) in [5.41, 5.74) is 1.13. The second-order valence-corrected chi connectivity index (χ2v) is 10.2. The summed E-state index contributed by atoms with van der Waals surface area (Å²) in [6.07, 6.45) is 4.20. The highest BCUT2D eigenvalue weighted by Gasteiger charge is 2.28. The number of nitrogens with one attached hydrogen (secondary N) is 4. The lowest BCUT2D eigenvalue weighted by Gasteiger charge is -2.23. The molecule has 2 atom stereocenters. The summed E-state index contributed by atoms with van der Waals surface area (Å²) in [4.78, 5) is 54.9. The maximum atomic E-state index is 13.2. The lowest BCUT2D eigenvalue weighted by atomic mass is 10.0. The van der Waals surface area contributed by atoms with Crippen molar-refractivity contribution in [2.75, 3.05) is 39.3 Å². The van der Waals surface area contributed by atoms with Crippen molar-refractivity contribution in [1.29, 1.82) is 0 Å². The molecule has 2 aliphatic heterocycles. The minimum atomic E-state index is -1.12. The molecule has 1 saturated heterocycles. The van der Waals surface area contributed by atoms with Crippen LogP contribution >= 0.6 is 0 Å². The van der Waals surface area contributed by atoms with Gasteiger partial charge in [-0.3, -0.25) is 19.2 Å². The van der Waals surface area contributed by atoms with Gasteiger partial charge in [0.2, 0.25) is 17.7 Å². The van der Waals surface area contributed by atoms with E-state index in [0.717, 1.165) is 38.0 Å². The summed E-state index contributed by atoms with van der Waals surface area (Å²) in [6, 6.07) is 14.1. The van der Waals surface area contributed by atoms with Gasteiger partial charge >= 0.3 is 0 Å². The standard InChI is InChI=1S/C30H39N5O5/c36-27-21-25(30(39)31-14-6-7-16-35-17-8-9-18-35)34-28(37)23-12-4-5-13-26(23)40-19-15-32-29(38)24(33-27)20-22-10-2-1-3-11-22/h1-5,10-13,24-25H,6-9,14-21H2,(H,31,39)(H,32,38)(H,33,36)(H,34,37)/t24-,25-/m0/s1. The number of fused-ring (bicyclic) bond motifs is 1. The molecule has 0 radical (unpaired) electrons. The van der Waals surface area contributed by atoms with Crippen molar-refractivity contribution in [3.05, 3.63) is 65.7 Å². The Morgan fingerprint density at radius 2 is 1.70 bits per heavy atom. The van der Waals surface area contributed by atoms with Crippen molar-refractivity contribution in [3.8, 4) is 5.75 Å². The Labute approximate surface area is 235 Å². The number of carbonyl (C=O) groups excluding carboxylic acids is 4. The van der Waals surface area contributed by atoms with Crippen LogP contribution in [0.25, 0.3) is 0 Å². The number of para-hydroxylation sites is 1. The molecular weight excluding hydrogens is 510 g/mol. The first-order valence-electron chi connectivity index (χ1n) is 14.1. The number of unbranched alkanes of at least 4 members (excludes halogenated alkanes) is 1. The summed E-state index contributed by atoms with van der Waals surface area (Å²) in [5.74, 6) is -1.49. The van der Waals surface area contributed by atoms with Crippen LogP contribution in [-0.4, -0.2) is 79.9 Å². The van der Waals surface area contributed by atoms with Crippen LogP contribution in [-0.2, 0) is 20.8 Å². The van der Waals surface area contributed by atoms with Gasteiger partial charge in [0.05, 0.1) is 18.5 Å². The van der Waals surface area contributed by atoms with Crippen LogP contribution < -0.4 is 26.0 Å². The molecule has 2 heterocycles. The molecule has 0 saturated carbocycles. The molecule has 10 heteroatoms. The highest BCUT2D eigenvalue weighted by molar-refractivity contribution is 6.01. The molecule has 40 heavy (non-hydrogen) atoms. The minimum absolute atomic E-state index is 0.128. The first kappa shape index (κ1) is 29.1. The van der Waals surface area contributed by atoms with Crippen LogP contribution in [0.2, 0.25) is 0 Å². The molecule has 214 valence electrons. The van der Waals surface area contributed by atoms with E-state index >= 15 is 0 Å². The van der Waals surface area contributed by atoms with Crippen LogP contribution in [0.15, 0.2) is 54.6 Å². The maximum absolute atomic E-state index is 13.2. The second kappa shape index (κ2) is 15.0. The van der Waals surface area contributed by atoms with E-state index in [1.807, 2.05) is 30.3 Å². The van der Waals surface area contributed by atoms with E-state index in [1.54, 1.807) is 24.3 Å². The molecular formula is C30H39N5O5. The van der Waals surface area contributed by atoms with E-state index < -0.39 is 29.8 Å². The molecule has 2 aromatic carbocycles. The largest absolute Gasteiger partial charge is 0.491 e. The molecule has 4 N–H and O–H groups in total. The normalized spacial score (nSPS) is 20.8. The Morgan fingerprint density at radius 1 is 0.950 bits per heavy atom. The molecule has 0 bridgehead atoms. The van der Waals surface area contributed by atoms with Gasteiger partial charge in [-0.1, -0.05) is 42.5 Å². The van der Waals surface area contributed by atoms with Crippen molar-refractivity contribution in [3.63, 3.8) is 0 Å². The molecule has 2 aliphatic rings. The predicted octanol–water partition coefficient (Wildman–Crippen LogP) is 1.40. The van der Waals surface area contributed by atoms with E-state index in [9.17, 15) is 19.2 Å². The Kier molecular flexibility index (Phi) is 10.9. The molecule has 1 fully saturated rings. The fourth-order valence-electron chi connectivity index (χ4n) is 4.98. The fourth-order valence-corrected chi connectivity index (χ4v) is 4.98. The third-order valence-electron chi connectivity index (χ3n) is 7.14. The van der Waals surface area contributed by atoms with Crippen molar-refractivity contribution >= 4 is 23.6 Å². The summed E-state index contributed by atoms with van der Waals surface area (Å²) in [5, 5.41) is 11.2. The second-order valence-electron chi connectivity index (χ2n) is 10.2. The number of amides is 4. The highest BCUT2D eigenvalue weighted by Crippen LogP contribution is 2.18. The van der Waals surface area contributed by atoms with Crippen LogP contribution in [0.5, 0.6) is 5.75 Å². The van der Waals surface area contributed by atoms with Crippen molar-refractivity contribution in [2.24, 2.45) is 0 Å². The number of carbonyl (C=O) groups is 4. The van der Waals surface area contributed by atoms with Crippen LogP contribution in [0, 0.1) is 0 Å². The van der Waals surface area contributed by atoms with Gasteiger partial charge < -0.3 is 30.9 Å². The van der Waals surface area contributed by atoms with Gasteiger partial charge in [-0.2, -0.15) is 0 Å². The molecule has 0 unspecified atom stereocenters. The number of nitrogens with zero attached hydrogens (tertiary/aromatic N) is 1. The number of rotatable bonds is 8. The molecule has 4 rings (SSSR count). The van der Waals surface area contributed by atoms with Gasteiger partial charge in [-0.15, -0.1) is 0 Å². The third kappa shape index (κ3) is 8.81. The molecule has 0 aliphatic carbocycles. The van der Waals surface area contributed by atoms with Gasteiger partial charge in [0.25, 0.3) is 5.91 Å². The van der Waals surface area contributed by atoms with Crippen molar-refractivity contribution < 1.29 is 23.9 Å². The highest BCUT2D eigenvalue weighted by atomic mass is 16.5. The average Bonchev–Trinajstić information content (AvgIpc) is 3.48. The Morgan fingerprint density at radius 3 is 2.50 bits per heavy atom. The first-order chi connectivity index (χ1) is 19.5. The zero-order chi connectivity index (χ0) is 28.2. The van der Waals surface area contributed by atoms with Gasteiger partial charge in [-0.25, -0.2) is 0 Å². The average molecular weight is 550 g/mol. The minimum Gasteiger partial charge on any atom is -0.491 e. The molecule has 2 aromatic rings. The number of likely N-dealkylation sites (tertiary alicyclic amines) is 1. The smallest absolute Gasteiger partial charge is 0.255 e. The fraction of sp³-hybridized carbons (Fsp3) is 0.467. The number of hydrogen-bond donors (Lipinski definition) is 4. The third-order valence-corrected chi connectivity index (χ3v) is 7.14. The molecule has 0 spiro atoms. The lowest BCUT2D eigenvalue weighted by molar-refractivity contribution is -0.131. The van der Waals surface area contributed by atoms with E-state index in [2.05, 4.69) is 26.2 Å². The zero-order valence-electron chi connectivity index (χ0n) is 22.8. The Balaban J connectivity index is 1.45. The van der Waals surface area contributed by atoms with Gasteiger partial charge in [-0.05, 0) is 63.0 Å². The van der Waals surface area contributed by atoms with Crippen molar-refractivity contribution in [1.82, 2.24) is 26.2 Å². The topological polar surface area (TPSA) is 129 Å². The zero-order valence-corrected chi connectivity index (χ0v) is 22.8. The molecule has 4 amide bonds. The first-order valence-corrected chi connectivity index (χ1v) is 14.1. The lowest BCUT2D eigenvalue weighted by Crippen LogP contribution is -2.53. The van der Waals surface area contributed by atoms with Crippen LogP contribution in [0.4, 0.5) is 0 Å². The summed E-state index contributed by atoms with van der Waals surface area (Å²) >= 11 is 0. The van der Waals surface area contributed by atoms with Crippen molar-refractivity contribution in [2.45, 2.75) is 50.6 Å². The summed E-state index contributed by atoms with van der Waals surface area (Å²) < 4.78 is 5.79. The molecule has 0 aromatic heterocycles. The van der Waals surface area contributed by atoms with E-state index in [4.69, 9.17) is 4.74 Å². The van der Waals surface area contributed by atoms with Gasteiger partial charge in [0, 0.05) is 13.0 Å². The predicted molar refractivity (Wildman–Crippen MR) is 151 cm³/mol. The summed E-state index contributed by atoms with van der Waals surface area (Å²) in [7, 11) is 0. The number of ether oxygens (including phenoxy) is 1. The molecule has 10 nitrogen and oxygen atoms in total.